The van der Waals surface area contributed by atoms with E-state index in [4.69, 9.17) is 9.47 Å². The number of nitrogens with one attached hydrogen (secondary N) is 1. The quantitative estimate of drug-likeness (QED) is 0.809. The average molecular weight is 289 g/mol. The van der Waals surface area contributed by atoms with Gasteiger partial charge in [0, 0.05) is 26.2 Å². The lowest BCUT2D eigenvalue weighted by Gasteiger charge is -2.12. The first-order valence-corrected chi connectivity index (χ1v) is 7.21. The summed E-state index contributed by atoms with van der Waals surface area (Å²) in [5.74, 6) is 1.55. The van der Waals surface area contributed by atoms with Crippen LogP contribution < -0.4 is 14.8 Å². The molecule has 5 heteroatoms. The number of rotatable bonds is 8. The number of hydrogen-bond acceptors (Lipinski definition) is 4. The number of nitrogens with zero attached hydrogens (tertiary/aromatic N) is 2. The smallest absolute Gasteiger partial charge is 0.161 e. The van der Waals surface area contributed by atoms with E-state index in [1.54, 1.807) is 11.8 Å². The Morgan fingerprint density at radius 3 is 2.76 bits per heavy atom. The Hall–Kier alpha value is -2.01. The zero-order valence-electron chi connectivity index (χ0n) is 12.9. The molecule has 0 unspecified atom stereocenters. The Kier molecular flexibility index (Phi) is 5.63. The Labute approximate surface area is 125 Å². The third kappa shape index (κ3) is 4.49. The number of hydrogen-bond donors (Lipinski definition) is 1. The Morgan fingerprint density at radius 1 is 1.24 bits per heavy atom. The summed E-state index contributed by atoms with van der Waals surface area (Å²) < 4.78 is 13.0. The normalized spacial score (nSPS) is 10.6. The van der Waals surface area contributed by atoms with Gasteiger partial charge in [0.25, 0.3) is 0 Å². The predicted octanol–water partition coefficient (Wildman–Crippen LogP) is 2.16. The molecule has 0 spiro atoms. The molecule has 0 fully saturated rings. The van der Waals surface area contributed by atoms with Gasteiger partial charge in [0.1, 0.15) is 0 Å². The van der Waals surface area contributed by atoms with Crippen LogP contribution in [-0.4, -0.2) is 30.0 Å². The van der Waals surface area contributed by atoms with E-state index in [2.05, 4.69) is 23.4 Å². The third-order valence-electron chi connectivity index (χ3n) is 3.21. The molecule has 0 aliphatic heterocycles. The van der Waals surface area contributed by atoms with E-state index in [-0.39, 0.29) is 0 Å². The van der Waals surface area contributed by atoms with Gasteiger partial charge in [0.05, 0.1) is 19.9 Å². The number of benzene rings is 1. The van der Waals surface area contributed by atoms with Crippen molar-refractivity contribution in [3.8, 4) is 11.5 Å². The Bertz CT molecular complexity index is 566. The molecule has 1 aromatic carbocycles. The van der Waals surface area contributed by atoms with Crippen LogP contribution in [0.1, 0.15) is 18.1 Å². The Morgan fingerprint density at radius 2 is 2.10 bits per heavy atom. The molecule has 2 aromatic rings. The molecule has 0 atom stereocenters. The van der Waals surface area contributed by atoms with Crippen LogP contribution in [0.2, 0.25) is 0 Å². The zero-order chi connectivity index (χ0) is 15.1. The van der Waals surface area contributed by atoms with E-state index in [1.165, 1.54) is 11.1 Å². The fourth-order valence-electron chi connectivity index (χ4n) is 2.09. The minimum Gasteiger partial charge on any atom is -0.493 e. The second-order valence-electron chi connectivity index (χ2n) is 4.89. The van der Waals surface area contributed by atoms with Crippen LogP contribution in [0.3, 0.4) is 0 Å². The molecule has 0 radical (unpaired) electrons. The lowest BCUT2D eigenvalue weighted by atomic mass is 10.2. The van der Waals surface area contributed by atoms with Gasteiger partial charge in [-0.05, 0) is 29.8 Å². The molecule has 2 rings (SSSR count). The first-order valence-electron chi connectivity index (χ1n) is 7.21. The maximum Gasteiger partial charge on any atom is 0.161 e. The molecule has 0 bridgehead atoms. The van der Waals surface area contributed by atoms with E-state index in [1.807, 2.05) is 31.6 Å². The fraction of sp³-hybridized carbons (Fsp3) is 0.438. The highest BCUT2D eigenvalue weighted by atomic mass is 16.5. The molecule has 0 aliphatic carbocycles. The van der Waals surface area contributed by atoms with Crippen molar-refractivity contribution in [2.45, 2.75) is 19.9 Å². The Balaban J connectivity index is 1.96. The van der Waals surface area contributed by atoms with Gasteiger partial charge in [-0.1, -0.05) is 13.0 Å². The van der Waals surface area contributed by atoms with Gasteiger partial charge in [-0.25, -0.2) is 0 Å². The van der Waals surface area contributed by atoms with E-state index in [0.717, 1.165) is 31.0 Å². The topological polar surface area (TPSA) is 48.3 Å². The first kappa shape index (κ1) is 15.4. The highest BCUT2D eigenvalue weighted by Crippen LogP contribution is 2.28. The second-order valence-corrected chi connectivity index (χ2v) is 4.89. The summed E-state index contributed by atoms with van der Waals surface area (Å²) in [5.41, 5.74) is 2.36. The van der Waals surface area contributed by atoms with Crippen LogP contribution >= 0.6 is 0 Å². The summed E-state index contributed by atoms with van der Waals surface area (Å²) >= 11 is 0. The molecule has 0 saturated heterocycles. The molecule has 0 saturated carbocycles. The second kappa shape index (κ2) is 7.69. The van der Waals surface area contributed by atoms with Gasteiger partial charge in [0.15, 0.2) is 11.5 Å². The van der Waals surface area contributed by atoms with Gasteiger partial charge >= 0.3 is 0 Å². The number of aryl methyl sites for hydroxylation is 1. The third-order valence-corrected chi connectivity index (χ3v) is 3.21. The van der Waals surface area contributed by atoms with Crippen LogP contribution in [0.15, 0.2) is 30.6 Å². The van der Waals surface area contributed by atoms with Crippen molar-refractivity contribution in [3.63, 3.8) is 0 Å². The maximum atomic E-state index is 5.87. The van der Waals surface area contributed by atoms with Gasteiger partial charge in [-0.3, -0.25) is 4.68 Å². The van der Waals surface area contributed by atoms with Crippen LogP contribution in [0, 0.1) is 0 Å². The highest BCUT2D eigenvalue weighted by Gasteiger charge is 2.06. The van der Waals surface area contributed by atoms with Crippen molar-refractivity contribution >= 4 is 0 Å². The van der Waals surface area contributed by atoms with Gasteiger partial charge in [-0.15, -0.1) is 0 Å². The van der Waals surface area contributed by atoms with E-state index < -0.39 is 0 Å². The number of methoxy groups -OCH3 is 1. The maximum absolute atomic E-state index is 5.87. The van der Waals surface area contributed by atoms with Crippen molar-refractivity contribution in [1.82, 2.24) is 15.1 Å². The van der Waals surface area contributed by atoms with Crippen molar-refractivity contribution in [2.75, 3.05) is 20.3 Å². The predicted molar refractivity (Wildman–Crippen MR) is 82.8 cm³/mol. The molecule has 0 amide bonds. The van der Waals surface area contributed by atoms with E-state index >= 15 is 0 Å². The molecule has 21 heavy (non-hydrogen) atoms. The first-order chi connectivity index (χ1) is 10.2. The minimum atomic E-state index is 0.604. The summed E-state index contributed by atoms with van der Waals surface area (Å²) in [6, 6.07) is 6.03. The fourth-order valence-corrected chi connectivity index (χ4v) is 2.09. The molecule has 0 aliphatic rings. The summed E-state index contributed by atoms with van der Waals surface area (Å²) in [6.07, 6.45) is 4.69. The van der Waals surface area contributed by atoms with Crippen molar-refractivity contribution in [3.05, 3.63) is 41.7 Å². The highest BCUT2D eigenvalue weighted by molar-refractivity contribution is 5.43. The molecular weight excluding hydrogens is 266 g/mol. The molecular formula is C16H23N3O2. The number of ether oxygens (including phenoxy) is 2. The van der Waals surface area contributed by atoms with E-state index in [9.17, 15) is 0 Å². The van der Waals surface area contributed by atoms with Crippen molar-refractivity contribution < 1.29 is 9.47 Å². The summed E-state index contributed by atoms with van der Waals surface area (Å²) in [5, 5.41) is 7.46. The van der Waals surface area contributed by atoms with Crippen LogP contribution in [0.4, 0.5) is 0 Å². The summed E-state index contributed by atoms with van der Waals surface area (Å²) in [6.45, 7) is 4.48. The zero-order valence-corrected chi connectivity index (χ0v) is 12.9. The van der Waals surface area contributed by atoms with Crippen molar-refractivity contribution in [2.24, 2.45) is 7.05 Å². The van der Waals surface area contributed by atoms with Crippen LogP contribution in [0.25, 0.3) is 0 Å². The van der Waals surface area contributed by atoms with Gasteiger partial charge < -0.3 is 14.8 Å². The van der Waals surface area contributed by atoms with Gasteiger partial charge in [0.2, 0.25) is 0 Å². The lowest BCUT2D eigenvalue weighted by Crippen LogP contribution is -2.12. The standard InChI is InChI=1S/C16H23N3O2/c1-4-17-10-13-5-6-15(20-3)16(9-13)21-8-7-14-11-18-19(2)12-14/h5-6,9,11-12,17H,4,7-8,10H2,1-3H3. The van der Waals surface area contributed by atoms with Gasteiger partial charge in [-0.2, -0.15) is 5.10 Å². The molecule has 1 N–H and O–H groups in total. The summed E-state index contributed by atoms with van der Waals surface area (Å²) in [7, 11) is 3.57. The van der Waals surface area contributed by atoms with E-state index in [0.29, 0.717) is 6.61 Å². The van der Waals surface area contributed by atoms with Crippen LogP contribution in [0.5, 0.6) is 11.5 Å². The van der Waals surface area contributed by atoms with Crippen molar-refractivity contribution in [1.29, 1.82) is 0 Å². The monoisotopic (exact) mass is 289 g/mol. The largest absolute Gasteiger partial charge is 0.493 e. The molecule has 1 aromatic heterocycles. The molecule has 5 nitrogen and oxygen atoms in total. The average Bonchev–Trinajstić information content (AvgIpc) is 2.91. The molecule has 114 valence electrons. The number of aromatic nitrogens is 2. The van der Waals surface area contributed by atoms with Crippen LogP contribution in [-0.2, 0) is 20.0 Å². The molecule has 1 heterocycles. The SMILES string of the molecule is CCNCc1ccc(OC)c(OCCc2cnn(C)c2)c1. The lowest BCUT2D eigenvalue weighted by molar-refractivity contribution is 0.297. The summed E-state index contributed by atoms with van der Waals surface area (Å²) in [4.78, 5) is 0. The minimum absolute atomic E-state index is 0.604.